The van der Waals surface area contributed by atoms with E-state index in [0.717, 1.165) is 43.3 Å². The van der Waals surface area contributed by atoms with E-state index in [2.05, 4.69) is 16.1 Å². The summed E-state index contributed by atoms with van der Waals surface area (Å²) in [5.74, 6) is -1.17. The van der Waals surface area contributed by atoms with Crippen LogP contribution in [0.3, 0.4) is 0 Å². The highest BCUT2D eigenvalue weighted by molar-refractivity contribution is 7.90. The van der Waals surface area contributed by atoms with Gasteiger partial charge >= 0.3 is 10.0 Å². The van der Waals surface area contributed by atoms with E-state index in [1.54, 1.807) is 36.4 Å². The summed E-state index contributed by atoms with van der Waals surface area (Å²) in [6, 6.07) is 22.0. The Bertz CT molecular complexity index is 1510. The third kappa shape index (κ3) is 6.02. The van der Waals surface area contributed by atoms with Crippen LogP contribution in [0.1, 0.15) is 34.3 Å². The first-order valence-corrected chi connectivity index (χ1v) is 15.8. The van der Waals surface area contributed by atoms with E-state index >= 15 is 0 Å². The number of hydrogen-bond donors (Lipinski definition) is 3. The average molecular weight is 598 g/mol. The average Bonchev–Trinajstić information content (AvgIpc) is 3.23. The lowest BCUT2D eigenvalue weighted by atomic mass is 9.75. The Morgan fingerprint density at radius 1 is 1.00 bits per heavy atom. The molecule has 2 amide bonds. The molecule has 3 aromatic carbocycles. The maximum absolute atomic E-state index is 14.0. The highest BCUT2D eigenvalue weighted by atomic mass is 35.5. The second-order valence-corrected chi connectivity index (χ2v) is 13.2. The summed E-state index contributed by atoms with van der Waals surface area (Å²) >= 11 is 5.98. The summed E-state index contributed by atoms with van der Waals surface area (Å²) in [5.41, 5.74) is 5.10. The van der Waals surface area contributed by atoms with Crippen LogP contribution in [0.2, 0.25) is 5.02 Å². The van der Waals surface area contributed by atoms with Crippen LogP contribution in [0.5, 0.6) is 0 Å². The molecule has 3 aromatic rings. The van der Waals surface area contributed by atoms with Gasteiger partial charge in [-0.3, -0.25) is 9.59 Å². The standard InChI is InChI=1S/C30H33ClN4O5S/c1-41(38,39)35(21-30(15-17-32-18-16-30)25-9-5-6-10-27(25)35)34-29(37)26(20-40-19-22-7-3-2-4-8-22)33-28(36)23-11-13-24(31)14-12-23/h2-14,26,32H,15-21H2,1H3,(H-,33,34,36,37)/p+1. The fraction of sp³-hybridized carbons (Fsp3) is 0.333. The molecular weight excluding hydrogens is 564 g/mol. The summed E-state index contributed by atoms with van der Waals surface area (Å²) < 4.78 is 32.3. The topological polar surface area (TPSA) is 114 Å². The zero-order chi connectivity index (χ0) is 29.1. The Hall–Kier alpha value is -3.28. The molecule has 216 valence electrons. The van der Waals surface area contributed by atoms with Crippen LogP contribution in [-0.2, 0) is 31.6 Å². The summed E-state index contributed by atoms with van der Waals surface area (Å²) in [4.78, 5) is 27.1. The van der Waals surface area contributed by atoms with Gasteiger partial charge in [0.2, 0.25) is 0 Å². The first-order valence-electron chi connectivity index (χ1n) is 13.5. The molecule has 0 aliphatic carbocycles. The van der Waals surface area contributed by atoms with Gasteiger partial charge in [-0.1, -0.05) is 64.1 Å². The molecule has 41 heavy (non-hydrogen) atoms. The molecule has 2 aliphatic heterocycles. The largest absolute Gasteiger partial charge is 0.374 e. The van der Waals surface area contributed by atoms with Gasteiger partial charge in [0, 0.05) is 22.2 Å². The number of benzene rings is 3. The van der Waals surface area contributed by atoms with E-state index < -0.39 is 37.3 Å². The van der Waals surface area contributed by atoms with Gasteiger partial charge in [-0.2, -0.15) is 13.8 Å². The monoisotopic (exact) mass is 597 g/mol. The van der Waals surface area contributed by atoms with E-state index in [0.29, 0.717) is 16.3 Å². The molecule has 2 heterocycles. The van der Waals surface area contributed by atoms with E-state index in [9.17, 15) is 18.0 Å². The third-order valence-corrected chi connectivity index (χ3v) is 9.73. The van der Waals surface area contributed by atoms with Crippen molar-refractivity contribution in [3.8, 4) is 0 Å². The quantitative estimate of drug-likeness (QED) is 0.326. The van der Waals surface area contributed by atoms with Crippen molar-refractivity contribution in [2.24, 2.45) is 0 Å². The van der Waals surface area contributed by atoms with Crippen LogP contribution in [0, 0.1) is 0 Å². The number of piperidine rings is 1. The molecule has 0 radical (unpaired) electrons. The minimum atomic E-state index is -3.91. The van der Waals surface area contributed by atoms with E-state index in [4.69, 9.17) is 16.3 Å². The van der Waals surface area contributed by atoms with Crippen LogP contribution in [-0.4, -0.2) is 58.8 Å². The van der Waals surface area contributed by atoms with Gasteiger partial charge in [-0.15, -0.1) is 0 Å². The molecule has 1 saturated heterocycles. The summed E-state index contributed by atoms with van der Waals surface area (Å²) in [7, 11) is -3.91. The van der Waals surface area contributed by atoms with Gasteiger partial charge in [0.05, 0.1) is 24.9 Å². The molecule has 2 aliphatic rings. The Morgan fingerprint density at radius 2 is 1.66 bits per heavy atom. The number of halogens is 1. The number of ether oxygens (including phenoxy) is 1. The van der Waals surface area contributed by atoms with Crippen molar-refractivity contribution in [2.75, 3.05) is 32.5 Å². The minimum absolute atomic E-state index is 0.166. The maximum Gasteiger partial charge on any atom is 0.321 e. The van der Waals surface area contributed by atoms with Gasteiger partial charge < -0.3 is 15.4 Å². The van der Waals surface area contributed by atoms with Crippen molar-refractivity contribution < 1.29 is 22.7 Å². The number of quaternary nitrogens is 1. The molecule has 9 nitrogen and oxygen atoms in total. The number of sulfonamides is 1. The lowest BCUT2D eigenvalue weighted by Crippen LogP contribution is -2.68. The van der Waals surface area contributed by atoms with Crippen molar-refractivity contribution in [3.63, 3.8) is 0 Å². The lowest BCUT2D eigenvalue weighted by Gasteiger charge is -2.36. The number of amides is 2. The van der Waals surface area contributed by atoms with Crippen LogP contribution in [0.4, 0.5) is 5.69 Å². The van der Waals surface area contributed by atoms with E-state index in [1.807, 2.05) is 42.5 Å². The highest BCUT2D eigenvalue weighted by Crippen LogP contribution is 2.50. The SMILES string of the molecule is CS(=O)(=O)[N+]1(NC(=O)C(COCc2ccccc2)NC(=O)c2ccc(Cl)cc2)CC2(CCNCC2)c2ccccc21. The Kier molecular flexibility index (Phi) is 8.49. The molecule has 1 fully saturated rings. The lowest BCUT2D eigenvalue weighted by molar-refractivity contribution is -0.127. The fourth-order valence-electron chi connectivity index (χ4n) is 5.80. The Morgan fingerprint density at radius 3 is 2.34 bits per heavy atom. The summed E-state index contributed by atoms with van der Waals surface area (Å²) in [6.07, 6.45) is 2.62. The smallest absolute Gasteiger partial charge is 0.321 e. The van der Waals surface area contributed by atoms with Crippen molar-refractivity contribution in [1.82, 2.24) is 20.1 Å². The molecule has 1 spiro atoms. The second-order valence-electron chi connectivity index (χ2n) is 10.7. The summed E-state index contributed by atoms with van der Waals surface area (Å²) in [6.45, 7) is 1.71. The molecular formula is C30H34ClN4O5S+. The van der Waals surface area contributed by atoms with Crippen molar-refractivity contribution in [2.45, 2.75) is 30.9 Å². The van der Waals surface area contributed by atoms with E-state index in [-0.39, 0.29) is 19.8 Å². The molecule has 2 atom stereocenters. The fourth-order valence-corrected chi connectivity index (χ4v) is 7.18. The number of hydrogen-bond acceptors (Lipinski definition) is 6. The van der Waals surface area contributed by atoms with Gasteiger partial charge in [0.1, 0.15) is 12.6 Å². The number of para-hydroxylation sites is 1. The van der Waals surface area contributed by atoms with Crippen molar-refractivity contribution >= 4 is 39.1 Å². The molecule has 5 rings (SSSR count). The second kappa shape index (κ2) is 11.9. The molecule has 11 heteroatoms. The normalized spacial score (nSPS) is 20.2. The third-order valence-electron chi connectivity index (χ3n) is 7.93. The number of carbonyl (C=O) groups is 2. The molecule has 0 aromatic heterocycles. The predicted molar refractivity (Wildman–Crippen MR) is 159 cm³/mol. The van der Waals surface area contributed by atoms with Gasteiger partial charge in [0.15, 0.2) is 5.69 Å². The number of rotatable bonds is 9. The molecule has 0 saturated carbocycles. The van der Waals surface area contributed by atoms with E-state index in [1.165, 1.54) is 0 Å². The number of carbonyl (C=O) groups excluding carboxylic acids is 2. The van der Waals surface area contributed by atoms with Gasteiger partial charge in [-0.25, -0.2) is 0 Å². The zero-order valence-corrected chi connectivity index (χ0v) is 24.4. The number of nitrogens with one attached hydrogen (secondary N) is 3. The summed E-state index contributed by atoms with van der Waals surface area (Å²) in [5, 5.41) is 6.57. The van der Waals surface area contributed by atoms with Crippen molar-refractivity contribution in [1.29, 1.82) is 0 Å². The number of fused-ring (bicyclic) bond motifs is 2. The van der Waals surface area contributed by atoms with Crippen LogP contribution >= 0.6 is 11.6 Å². The maximum atomic E-state index is 14.0. The minimum Gasteiger partial charge on any atom is -0.374 e. The molecule has 2 unspecified atom stereocenters. The molecule has 3 N–H and O–H groups in total. The highest BCUT2D eigenvalue weighted by Gasteiger charge is 2.60. The predicted octanol–water partition coefficient (Wildman–Crippen LogP) is 3.29. The van der Waals surface area contributed by atoms with Gasteiger partial charge in [0.25, 0.3) is 11.8 Å². The van der Waals surface area contributed by atoms with Crippen LogP contribution in [0.15, 0.2) is 78.9 Å². The molecule has 0 bridgehead atoms. The van der Waals surface area contributed by atoms with Crippen LogP contribution < -0.4 is 20.1 Å². The van der Waals surface area contributed by atoms with Crippen molar-refractivity contribution in [3.05, 3.63) is 101 Å². The zero-order valence-electron chi connectivity index (χ0n) is 22.8. The first kappa shape index (κ1) is 29.2. The number of nitrogens with zero attached hydrogens (tertiary/aromatic N) is 1. The van der Waals surface area contributed by atoms with Crippen LogP contribution in [0.25, 0.3) is 0 Å². The van der Waals surface area contributed by atoms with Gasteiger partial charge in [-0.05, 0) is 55.8 Å². The Labute approximate surface area is 245 Å². The first-order chi connectivity index (χ1) is 19.6. The Balaban J connectivity index is 1.45.